The molecule has 552 valence electrons. The molecule has 4 aromatic heterocycles. The molecule has 6 heterocycles. The minimum atomic E-state index is 0.704. The van der Waals surface area contributed by atoms with Gasteiger partial charge in [0.15, 0.2) is 11.6 Å². The van der Waals surface area contributed by atoms with Gasteiger partial charge in [-0.15, -0.1) is 0 Å². The summed E-state index contributed by atoms with van der Waals surface area (Å²) in [5, 5.41) is 6.18. The van der Waals surface area contributed by atoms with Crippen LogP contribution in [0.1, 0.15) is 0 Å². The van der Waals surface area contributed by atoms with E-state index in [1.54, 1.807) is 0 Å². The van der Waals surface area contributed by atoms with E-state index in [0.29, 0.717) is 5.82 Å². The molecule has 0 atom stereocenters. The molecule has 16 aromatic carbocycles. The van der Waals surface area contributed by atoms with Crippen LogP contribution in [-0.2, 0) is 0 Å². The van der Waals surface area contributed by atoms with Gasteiger partial charge in [-0.1, -0.05) is 368 Å². The Balaban J connectivity index is 0.000000126. The van der Waals surface area contributed by atoms with Crippen molar-refractivity contribution in [1.82, 2.24) is 29.1 Å². The van der Waals surface area contributed by atoms with E-state index in [-0.39, 0.29) is 0 Å². The van der Waals surface area contributed by atoms with Crippen molar-refractivity contribution in [1.29, 1.82) is 0 Å². The van der Waals surface area contributed by atoms with Crippen molar-refractivity contribution in [3.8, 4) is 146 Å². The number of hydrogen-bond donors (Lipinski definition) is 1. The van der Waals surface area contributed by atoms with Crippen LogP contribution in [0.4, 0.5) is 28.4 Å². The first-order valence-corrected chi connectivity index (χ1v) is 40.2. The Bertz CT molecular complexity index is 6870. The quantitative estimate of drug-likeness (QED) is 0.139. The summed E-state index contributed by atoms with van der Waals surface area (Å²) < 4.78 is 5.99. The number of halogens is 1. The number of nitrogens with one attached hydrogen (secondary N) is 1. The molecule has 2 aliphatic heterocycles. The highest BCUT2D eigenvalue weighted by atomic mass is 79.9. The molecule has 2 aliphatic rings. The number of fused-ring (bicyclic) bond motifs is 14. The maximum absolute atomic E-state index is 5.12. The van der Waals surface area contributed by atoms with Gasteiger partial charge in [0.2, 0.25) is 0 Å². The van der Waals surface area contributed by atoms with Crippen molar-refractivity contribution in [2.24, 2.45) is 0 Å². The van der Waals surface area contributed by atoms with E-state index in [1.807, 2.05) is 91.0 Å². The summed E-state index contributed by atoms with van der Waals surface area (Å²) in [6.45, 7) is 0. The predicted molar refractivity (Wildman–Crippen MR) is 489 cm³/mol. The van der Waals surface area contributed by atoms with Gasteiger partial charge in [-0.05, 0) is 96.1 Å². The zero-order valence-electron chi connectivity index (χ0n) is 63.6. The van der Waals surface area contributed by atoms with Crippen LogP contribution < -0.4 is 10.2 Å². The van der Waals surface area contributed by atoms with Crippen LogP contribution in [0.2, 0.25) is 0 Å². The largest absolute Gasteiger partial charge is 0.354 e. The average Bonchev–Trinajstić information content (AvgIpc) is 1.54. The minimum Gasteiger partial charge on any atom is -0.354 e. The molecule has 0 fully saturated rings. The smallest absolute Gasteiger partial charge is 0.160 e. The lowest BCUT2D eigenvalue weighted by Gasteiger charge is -2.27. The molecule has 0 unspecified atom stereocenters. The maximum Gasteiger partial charge on any atom is 0.160 e. The molecule has 20 aromatic rings. The van der Waals surface area contributed by atoms with E-state index in [4.69, 9.17) is 19.9 Å². The fraction of sp³-hybridized carbons (Fsp3) is 0. The van der Waals surface area contributed by atoms with E-state index in [0.717, 1.165) is 112 Å². The molecule has 0 saturated heterocycles. The number of nitrogens with zero attached hydrogens (tertiary/aromatic N) is 7. The lowest BCUT2D eigenvalue weighted by molar-refractivity contribution is 1.13. The molecule has 0 bridgehead atoms. The molecule has 8 nitrogen and oxygen atoms in total. The van der Waals surface area contributed by atoms with Crippen molar-refractivity contribution in [2.45, 2.75) is 0 Å². The summed E-state index contributed by atoms with van der Waals surface area (Å²) in [4.78, 5) is 22.2. The molecule has 0 radical (unpaired) electrons. The summed E-state index contributed by atoms with van der Waals surface area (Å²) >= 11 is 3.49. The summed E-state index contributed by atoms with van der Waals surface area (Å²) in [7, 11) is 0. The fourth-order valence-corrected chi connectivity index (χ4v) is 16.8. The lowest BCUT2D eigenvalue weighted by Crippen LogP contribution is -2.11. The first-order valence-electron chi connectivity index (χ1n) is 39.4. The number of hydrogen-bond acceptors (Lipinski definition) is 6. The fourth-order valence-electron chi connectivity index (χ4n) is 16.6. The lowest BCUT2D eigenvalue weighted by atomic mass is 9.96. The Morgan fingerprint density at radius 3 is 0.974 bits per heavy atom. The van der Waals surface area contributed by atoms with Gasteiger partial charge < -0.3 is 19.4 Å². The van der Waals surface area contributed by atoms with Crippen LogP contribution in [0, 0.1) is 0 Å². The van der Waals surface area contributed by atoms with Gasteiger partial charge in [-0.25, -0.2) is 19.9 Å². The van der Waals surface area contributed by atoms with Crippen molar-refractivity contribution in [3.63, 3.8) is 0 Å². The van der Waals surface area contributed by atoms with E-state index in [1.165, 1.54) is 83.3 Å². The van der Waals surface area contributed by atoms with Crippen LogP contribution in [-0.4, -0.2) is 29.1 Å². The first kappa shape index (κ1) is 70.9. The molecular formula is C108H73BrN8. The van der Waals surface area contributed by atoms with Crippen LogP contribution >= 0.6 is 15.9 Å². The van der Waals surface area contributed by atoms with E-state index in [9.17, 15) is 0 Å². The average molecular weight is 1560 g/mol. The molecule has 0 saturated carbocycles. The van der Waals surface area contributed by atoms with E-state index >= 15 is 0 Å². The molecule has 0 aliphatic carbocycles. The highest BCUT2D eigenvalue weighted by Gasteiger charge is 2.34. The van der Waals surface area contributed by atoms with Crippen LogP contribution in [0.15, 0.2) is 441 Å². The minimum absolute atomic E-state index is 0.704. The predicted octanol–water partition coefficient (Wildman–Crippen LogP) is 29.1. The van der Waals surface area contributed by atoms with Gasteiger partial charge in [0.1, 0.15) is 0 Å². The summed E-state index contributed by atoms with van der Waals surface area (Å²) in [6, 6.07) is 153. The van der Waals surface area contributed by atoms with Crippen LogP contribution in [0.5, 0.6) is 0 Å². The van der Waals surface area contributed by atoms with Crippen molar-refractivity contribution >= 4 is 66.2 Å². The Kier molecular flexibility index (Phi) is 19.0. The second kappa shape index (κ2) is 31.4. The first-order chi connectivity index (χ1) is 58.0. The van der Waals surface area contributed by atoms with Gasteiger partial charge in [0, 0.05) is 122 Å². The number of para-hydroxylation sites is 8. The third-order valence-corrected chi connectivity index (χ3v) is 22.4. The third kappa shape index (κ3) is 13.6. The SMILES string of the molecule is Brc1ccc(-c2cc(-c3ccccc3)nc(-c3ccccc3)n2)cc1.c1ccc(-c2cc(-c3ccc(N4c5ccccc5-c5c(n(-c6ccccc6)c6c(-c7ccccc7)cccc56)-c5ccccc54)cc3)nc(-c3ccccc3)n2)cc1.c1ccc(-c2cccc3c4c(n(-c5ccccc5)c23)-c2ccccc2Nc2ccccc2-4)cc1. The molecule has 0 amide bonds. The molecule has 117 heavy (non-hydrogen) atoms. The second-order valence-corrected chi connectivity index (χ2v) is 29.9. The Hall–Kier alpha value is -15.2. The van der Waals surface area contributed by atoms with Gasteiger partial charge >= 0.3 is 0 Å². The van der Waals surface area contributed by atoms with Crippen LogP contribution in [0.3, 0.4) is 0 Å². The van der Waals surface area contributed by atoms with Gasteiger partial charge in [-0.3, -0.25) is 0 Å². The highest BCUT2D eigenvalue weighted by Crippen LogP contribution is 2.57. The highest BCUT2D eigenvalue weighted by molar-refractivity contribution is 9.10. The van der Waals surface area contributed by atoms with Crippen LogP contribution in [0.25, 0.3) is 168 Å². The summed E-state index contributed by atoms with van der Waals surface area (Å²) in [5.41, 5.74) is 34.6. The Morgan fingerprint density at radius 2 is 0.530 bits per heavy atom. The molecule has 9 heteroatoms. The van der Waals surface area contributed by atoms with E-state index < -0.39 is 0 Å². The standard InChI is InChI=1S/C54H36N4.C32H22N2.C22H15BrN2/c1-5-18-37(19-6-1)43-28-17-29-46-51-44-26-13-15-30-49(44)57(50-31-16-14-27-45(50)53(51)58(52(43)46)41-24-11-4-12-25-41)42-34-32-39(33-35-42)48-36-47(38-20-7-2-8-21-38)55-54(56-48)40-22-9-3-10-23-40;1-3-12-22(13-4-1)24-18-11-19-27-30-25-16-7-9-20-28(25)33-29-21-10-8-17-26(29)32(30)34(31(24)27)23-14-5-2-6-15-23;23-19-13-11-17(12-14-19)21-15-20(16-7-3-1-4-8-16)24-22(25-21)18-9-5-2-6-10-18/h1-36H;1-21,33H;1-15H. The summed E-state index contributed by atoms with van der Waals surface area (Å²) in [6.07, 6.45) is 0. The summed E-state index contributed by atoms with van der Waals surface area (Å²) in [5.74, 6) is 1.44. The van der Waals surface area contributed by atoms with Crippen molar-refractivity contribution in [2.75, 3.05) is 10.2 Å². The number of benzene rings is 16. The van der Waals surface area contributed by atoms with Crippen molar-refractivity contribution < 1.29 is 0 Å². The monoisotopic (exact) mass is 1560 g/mol. The van der Waals surface area contributed by atoms with E-state index in [2.05, 4.69) is 381 Å². The number of rotatable bonds is 11. The molecular weight excluding hydrogens is 1490 g/mol. The zero-order valence-corrected chi connectivity index (χ0v) is 65.2. The van der Waals surface area contributed by atoms with Gasteiger partial charge in [-0.2, -0.15) is 0 Å². The third-order valence-electron chi connectivity index (χ3n) is 21.9. The topological polar surface area (TPSA) is 76.7 Å². The zero-order chi connectivity index (χ0) is 78.0. The molecule has 22 rings (SSSR count). The maximum atomic E-state index is 5.12. The molecule has 1 N–H and O–H groups in total. The van der Waals surface area contributed by atoms with Gasteiger partial charge in [0.25, 0.3) is 0 Å². The number of anilines is 5. The Labute approximate surface area is 688 Å². The molecule has 0 spiro atoms. The Morgan fingerprint density at radius 1 is 0.222 bits per heavy atom. The number of aromatic nitrogens is 6. The normalized spacial score (nSPS) is 11.5. The van der Waals surface area contributed by atoms with Gasteiger partial charge in [0.05, 0.1) is 56.6 Å². The van der Waals surface area contributed by atoms with Crippen molar-refractivity contribution in [3.05, 3.63) is 441 Å². The second-order valence-electron chi connectivity index (χ2n) is 29.0.